The zero-order valence-corrected chi connectivity index (χ0v) is 11.8. The minimum absolute atomic E-state index is 0.200. The Kier molecular flexibility index (Phi) is 4.09. The van der Waals surface area contributed by atoms with Crippen molar-refractivity contribution in [3.63, 3.8) is 0 Å². The van der Waals surface area contributed by atoms with Crippen molar-refractivity contribution in [1.29, 1.82) is 0 Å². The quantitative estimate of drug-likeness (QED) is 0.911. The molecule has 0 saturated carbocycles. The lowest BCUT2D eigenvalue weighted by Gasteiger charge is -2.10. The second kappa shape index (κ2) is 5.57. The maximum atomic E-state index is 5.53. The van der Waals surface area contributed by atoms with Gasteiger partial charge in [0.2, 0.25) is 0 Å². The highest BCUT2D eigenvalue weighted by Gasteiger charge is 2.05. The number of nitrogens with one attached hydrogen (secondary N) is 1. The molecule has 17 heavy (non-hydrogen) atoms. The van der Waals surface area contributed by atoms with Crippen LogP contribution in [0.4, 0.5) is 5.82 Å². The lowest BCUT2D eigenvalue weighted by Crippen LogP contribution is -2.25. The van der Waals surface area contributed by atoms with E-state index < -0.39 is 0 Å². The maximum Gasteiger partial charge on any atom is 0.148 e. The van der Waals surface area contributed by atoms with E-state index >= 15 is 0 Å². The molecule has 4 nitrogen and oxygen atoms in total. The van der Waals surface area contributed by atoms with E-state index in [-0.39, 0.29) is 6.04 Å². The molecule has 0 fully saturated rings. The lowest BCUT2D eigenvalue weighted by atomic mass is 10.3. The van der Waals surface area contributed by atoms with Crippen molar-refractivity contribution in [2.24, 2.45) is 5.73 Å². The number of nitrogens with zero attached hydrogens (tertiary/aromatic N) is 2. The van der Waals surface area contributed by atoms with Crippen LogP contribution >= 0.6 is 27.3 Å². The second-order valence-corrected chi connectivity index (χ2v) is 6.15. The van der Waals surface area contributed by atoms with Crippen molar-refractivity contribution >= 4 is 33.1 Å². The largest absolute Gasteiger partial charge is 0.365 e. The number of thiophene rings is 1. The van der Waals surface area contributed by atoms with Gasteiger partial charge < -0.3 is 11.1 Å². The average Bonchev–Trinajstić information content (AvgIpc) is 2.77. The molecular formula is C11H13BrN4S. The van der Waals surface area contributed by atoms with Gasteiger partial charge in [0.25, 0.3) is 0 Å². The van der Waals surface area contributed by atoms with Crippen LogP contribution in [0.5, 0.6) is 0 Å². The van der Waals surface area contributed by atoms with E-state index in [0.717, 1.165) is 20.2 Å². The fourth-order valence-corrected chi connectivity index (χ4v) is 2.66. The molecule has 6 heteroatoms. The molecule has 0 aliphatic rings. The van der Waals surface area contributed by atoms with Crippen molar-refractivity contribution in [3.8, 4) is 10.6 Å². The van der Waals surface area contributed by atoms with Gasteiger partial charge in [-0.2, -0.15) is 0 Å². The highest BCUT2D eigenvalue weighted by molar-refractivity contribution is 9.11. The topological polar surface area (TPSA) is 63.8 Å². The minimum Gasteiger partial charge on any atom is -0.365 e. The van der Waals surface area contributed by atoms with Crippen molar-refractivity contribution in [3.05, 3.63) is 28.1 Å². The molecule has 0 bridgehead atoms. The van der Waals surface area contributed by atoms with Gasteiger partial charge in [0, 0.05) is 12.6 Å². The molecule has 3 N–H and O–H groups in total. The Hall–Kier alpha value is -0.980. The lowest BCUT2D eigenvalue weighted by molar-refractivity contribution is 0.792. The van der Waals surface area contributed by atoms with Crippen LogP contribution in [-0.2, 0) is 0 Å². The van der Waals surface area contributed by atoms with Gasteiger partial charge in [0.1, 0.15) is 11.5 Å². The van der Waals surface area contributed by atoms with Crippen LogP contribution < -0.4 is 11.1 Å². The number of hydrogen-bond acceptors (Lipinski definition) is 5. The van der Waals surface area contributed by atoms with Gasteiger partial charge in [-0.05, 0) is 47.1 Å². The van der Waals surface area contributed by atoms with Crippen molar-refractivity contribution in [2.75, 3.05) is 11.9 Å². The number of nitrogens with two attached hydrogens (primary N) is 1. The third-order valence-corrected chi connectivity index (χ3v) is 3.88. The normalized spacial score (nSPS) is 12.4. The Bertz CT molecular complexity index is 482. The summed E-state index contributed by atoms with van der Waals surface area (Å²) in [6.07, 6.45) is 0. The molecule has 1 atom stereocenters. The Balaban J connectivity index is 2.13. The third kappa shape index (κ3) is 3.24. The number of anilines is 1. The predicted octanol–water partition coefficient (Wildman–Crippen LogP) is 2.73. The van der Waals surface area contributed by atoms with E-state index in [9.17, 15) is 0 Å². The van der Waals surface area contributed by atoms with Crippen LogP contribution in [0, 0.1) is 0 Å². The first-order chi connectivity index (χ1) is 8.19. The summed E-state index contributed by atoms with van der Waals surface area (Å²) in [5.41, 5.74) is 6.41. The Morgan fingerprint density at radius 3 is 2.71 bits per heavy atom. The van der Waals surface area contributed by atoms with Gasteiger partial charge in [0.05, 0.1) is 8.66 Å². The standard InChI is InChI=1S/C11H13BrN4S/c1-7(6-13)14-11-5-2-8(15-16-11)9-3-4-10(12)17-9/h2-5,7H,6,13H2,1H3,(H,14,16). The van der Waals surface area contributed by atoms with E-state index in [4.69, 9.17) is 5.73 Å². The van der Waals surface area contributed by atoms with Gasteiger partial charge in [-0.15, -0.1) is 21.5 Å². The van der Waals surface area contributed by atoms with Crippen molar-refractivity contribution in [1.82, 2.24) is 10.2 Å². The molecule has 0 aliphatic carbocycles. The van der Waals surface area contributed by atoms with Crippen LogP contribution in [0.2, 0.25) is 0 Å². The molecule has 0 radical (unpaired) electrons. The zero-order chi connectivity index (χ0) is 12.3. The summed E-state index contributed by atoms with van der Waals surface area (Å²) in [6, 6.07) is 8.10. The fraction of sp³-hybridized carbons (Fsp3) is 0.273. The number of aromatic nitrogens is 2. The fourth-order valence-electron chi connectivity index (χ4n) is 1.30. The van der Waals surface area contributed by atoms with Crippen molar-refractivity contribution < 1.29 is 0 Å². The van der Waals surface area contributed by atoms with Gasteiger partial charge >= 0.3 is 0 Å². The first kappa shape index (κ1) is 12.5. The molecular weight excluding hydrogens is 300 g/mol. The Morgan fingerprint density at radius 1 is 1.35 bits per heavy atom. The highest BCUT2D eigenvalue weighted by atomic mass is 79.9. The van der Waals surface area contributed by atoms with Gasteiger partial charge in [0.15, 0.2) is 0 Å². The van der Waals surface area contributed by atoms with E-state index in [2.05, 4.69) is 31.4 Å². The number of rotatable bonds is 4. The molecule has 2 aromatic rings. The second-order valence-electron chi connectivity index (χ2n) is 3.69. The van der Waals surface area contributed by atoms with Crippen LogP contribution in [0.25, 0.3) is 10.6 Å². The molecule has 0 spiro atoms. The van der Waals surface area contributed by atoms with E-state index in [1.165, 1.54) is 0 Å². The van der Waals surface area contributed by atoms with Gasteiger partial charge in [-0.1, -0.05) is 0 Å². The molecule has 2 heterocycles. The molecule has 90 valence electrons. The van der Waals surface area contributed by atoms with Crippen molar-refractivity contribution in [2.45, 2.75) is 13.0 Å². The third-order valence-electron chi connectivity index (χ3n) is 2.24. The zero-order valence-electron chi connectivity index (χ0n) is 9.35. The summed E-state index contributed by atoms with van der Waals surface area (Å²) in [5, 5.41) is 11.5. The summed E-state index contributed by atoms with van der Waals surface area (Å²) in [5.74, 6) is 0.752. The smallest absolute Gasteiger partial charge is 0.148 e. The molecule has 2 aromatic heterocycles. The summed E-state index contributed by atoms with van der Waals surface area (Å²) in [6.45, 7) is 2.58. The van der Waals surface area contributed by atoms with Crippen LogP contribution in [0.1, 0.15) is 6.92 Å². The Labute approximate surface area is 112 Å². The molecule has 0 aromatic carbocycles. The molecule has 1 unspecified atom stereocenters. The molecule has 2 rings (SSSR count). The molecule has 0 saturated heterocycles. The van der Waals surface area contributed by atoms with Gasteiger partial charge in [-0.3, -0.25) is 0 Å². The molecule has 0 amide bonds. The number of halogens is 1. The van der Waals surface area contributed by atoms with E-state index in [1.54, 1.807) is 11.3 Å². The molecule has 0 aliphatic heterocycles. The minimum atomic E-state index is 0.200. The van der Waals surface area contributed by atoms with Crippen LogP contribution in [0.3, 0.4) is 0 Å². The predicted molar refractivity (Wildman–Crippen MR) is 75.2 cm³/mol. The summed E-state index contributed by atoms with van der Waals surface area (Å²) in [7, 11) is 0. The SMILES string of the molecule is CC(CN)Nc1ccc(-c2ccc(Br)s2)nn1. The monoisotopic (exact) mass is 312 g/mol. The van der Waals surface area contributed by atoms with Crippen LogP contribution in [0.15, 0.2) is 28.1 Å². The summed E-state index contributed by atoms with van der Waals surface area (Å²) >= 11 is 5.07. The average molecular weight is 313 g/mol. The summed E-state index contributed by atoms with van der Waals surface area (Å²) in [4.78, 5) is 1.10. The highest BCUT2D eigenvalue weighted by Crippen LogP contribution is 2.29. The van der Waals surface area contributed by atoms with Gasteiger partial charge in [-0.25, -0.2) is 0 Å². The maximum absolute atomic E-state index is 5.53. The van der Waals surface area contributed by atoms with E-state index in [1.807, 2.05) is 31.2 Å². The first-order valence-corrected chi connectivity index (χ1v) is 6.86. The Morgan fingerprint density at radius 2 is 2.18 bits per heavy atom. The number of hydrogen-bond donors (Lipinski definition) is 2. The first-order valence-electron chi connectivity index (χ1n) is 5.25. The van der Waals surface area contributed by atoms with Crippen LogP contribution in [-0.4, -0.2) is 22.8 Å². The van der Waals surface area contributed by atoms with E-state index in [0.29, 0.717) is 6.54 Å². The summed E-state index contributed by atoms with van der Waals surface area (Å²) < 4.78 is 1.09.